The number of nitrogens with zero attached hydrogens (tertiary/aromatic N) is 3. The summed E-state index contributed by atoms with van der Waals surface area (Å²) in [4.78, 5) is 49.0. The Bertz CT molecular complexity index is 1150. The van der Waals surface area contributed by atoms with E-state index in [1.54, 1.807) is 24.3 Å². The Morgan fingerprint density at radius 3 is 2.69 bits per heavy atom. The monoisotopic (exact) mass is 374 g/mol. The van der Waals surface area contributed by atoms with Crippen molar-refractivity contribution in [3.63, 3.8) is 0 Å². The fraction of sp³-hybridized carbons (Fsp3) is 0.200. The summed E-state index contributed by atoms with van der Waals surface area (Å²) in [7, 11) is 1.48. The van der Waals surface area contributed by atoms with Crippen LogP contribution in [0.1, 0.15) is 10.5 Å². The van der Waals surface area contributed by atoms with Crippen LogP contribution in [0.2, 0.25) is 0 Å². The van der Waals surface area contributed by atoms with Crippen molar-refractivity contribution in [1.29, 1.82) is 0 Å². The summed E-state index contributed by atoms with van der Waals surface area (Å²) in [5, 5.41) is 13.5. The SMILES string of the molecule is Cn1nc(C(=O)NCCSc2n[nH]c(=O)[nH]c2=O)c2ccccc2c1=O. The Morgan fingerprint density at radius 2 is 1.96 bits per heavy atom. The quantitative estimate of drug-likeness (QED) is 0.393. The van der Waals surface area contributed by atoms with Crippen LogP contribution in [0.5, 0.6) is 0 Å². The lowest BCUT2D eigenvalue weighted by Gasteiger charge is -2.08. The number of hydrogen-bond acceptors (Lipinski definition) is 7. The van der Waals surface area contributed by atoms with Gasteiger partial charge in [0.15, 0.2) is 10.7 Å². The first kappa shape index (κ1) is 17.6. The first-order valence-corrected chi connectivity index (χ1v) is 8.52. The van der Waals surface area contributed by atoms with E-state index in [4.69, 9.17) is 0 Å². The topological polar surface area (TPSA) is 143 Å². The van der Waals surface area contributed by atoms with Crippen molar-refractivity contribution in [2.24, 2.45) is 7.05 Å². The number of hydrogen-bond donors (Lipinski definition) is 3. The van der Waals surface area contributed by atoms with Crippen molar-refractivity contribution in [1.82, 2.24) is 30.3 Å². The van der Waals surface area contributed by atoms with E-state index < -0.39 is 17.2 Å². The Hall–Kier alpha value is -3.21. The minimum atomic E-state index is -0.680. The lowest BCUT2D eigenvalue weighted by molar-refractivity contribution is 0.0951. The number of amides is 1. The molecule has 2 aromatic heterocycles. The average molecular weight is 374 g/mol. The van der Waals surface area contributed by atoms with E-state index in [1.165, 1.54) is 7.05 Å². The van der Waals surface area contributed by atoms with Crippen molar-refractivity contribution in [2.75, 3.05) is 12.3 Å². The molecule has 10 nitrogen and oxygen atoms in total. The van der Waals surface area contributed by atoms with Crippen LogP contribution in [-0.4, -0.2) is 43.2 Å². The third-order valence-corrected chi connectivity index (χ3v) is 4.44. The Balaban J connectivity index is 1.70. The van der Waals surface area contributed by atoms with Gasteiger partial charge in [-0.25, -0.2) is 14.6 Å². The van der Waals surface area contributed by atoms with Gasteiger partial charge < -0.3 is 5.32 Å². The van der Waals surface area contributed by atoms with Crippen molar-refractivity contribution < 1.29 is 4.79 Å². The normalized spacial score (nSPS) is 10.8. The van der Waals surface area contributed by atoms with Gasteiger partial charge in [-0.15, -0.1) is 0 Å². The van der Waals surface area contributed by atoms with Gasteiger partial charge in [0.2, 0.25) is 0 Å². The largest absolute Gasteiger partial charge is 0.350 e. The third-order valence-electron chi connectivity index (χ3n) is 3.48. The van der Waals surface area contributed by atoms with Crippen molar-refractivity contribution >= 4 is 28.4 Å². The molecule has 3 N–H and O–H groups in total. The van der Waals surface area contributed by atoms with Gasteiger partial charge in [-0.05, 0) is 6.07 Å². The number of aryl methyl sites for hydroxylation is 1. The molecule has 0 fully saturated rings. The van der Waals surface area contributed by atoms with Crippen LogP contribution in [0.15, 0.2) is 43.7 Å². The highest BCUT2D eigenvalue weighted by molar-refractivity contribution is 7.99. The maximum Gasteiger partial charge on any atom is 0.342 e. The smallest absolute Gasteiger partial charge is 0.342 e. The fourth-order valence-electron chi connectivity index (χ4n) is 2.30. The molecule has 1 amide bonds. The average Bonchev–Trinajstić information content (AvgIpc) is 2.63. The highest BCUT2D eigenvalue weighted by Gasteiger charge is 2.15. The highest BCUT2D eigenvalue weighted by Crippen LogP contribution is 2.13. The number of rotatable bonds is 5. The summed E-state index contributed by atoms with van der Waals surface area (Å²) in [6.07, 6.45) is 0. The zero-order valence-corrected chi connectivity index (χ0v) is 14.4. The number of aromatic nitrogens is 5. The standard InChI is InChI=1S/C15H14N6O4S/c1-21-14(24)9-5-3-2-4-8(9)10(20-21)11(22)16-6-7-26-13-12(23)17-15(25)19-18-13/h2-5H,6-7H2,1H3,(H,16,22)(H2,17,19,23,25). The highest BCUT2D eigenvalue weighted by atomic mass is 32.2. The number of carbonyl (C=O) groups is 1. The molecule has 0 atom stereocenters. The van der Waals surface area contributed by atoms with Crippen LogP contribution in [0, 0.1) is 0 Å². The molecule has 11 heteroatoms. The van der Waals surface area contributed by atoms with Crippen LogP contribution in [0.3, 0.4) is 0 Å². The molecular formula is C15H14N6O4S. The zero-order valence-electron chi connectivity index (χ0n) is 13.6. The van der Waals surface area contributed by atoms with Crippen LogP contribution in [-0.2, 0) is 7.05 Å². The summed E-state index contributed by atoms with van der Waals surface area (Å²) in [5.74, 6) is -0.0712. The summed E-state index contributed by atoms with van der Waals surface area (Å²) >= 11 is 1.09. The molecular weight excluding hydrogens is 360 g/mol. The van der Waals surface area contributed by atoms with E-state index in [-0.39, 0.29) is 22.8 Å². The maximum atomic E-state index is 12.4. The second-order valence-corrected chi connectivity index (χ2v) is 6.32. The molecule has 0 radical (unpaired) electrons. The molecule has 0 saturated carbocycles. The number of fused-ring (bicyclic) bond motifs is 1. The molecule has 0 aliphatic rings. The molecule has 0 bridgehead atoms. The van der Waals surface area contributed by atoms with Crippen LogP contribution in [0.25, 0.3) is 10.8 Å². The number of aromatic amines is 2. The summed E-state index contributed by atoms with van der Waals surface area (Å²) < 4.78 is 1.12. The van der Waals surface area contributed by atoms with Gasteiger partial charge in [0.25, 0.3) is 17.0 Å². The predicted molar refractivity (Wildman–Crippen MR) is 95.5 cm³/mol. The van der Waals surface area contributed by atoms with E-state index in [0.717, 1.165) is 16.4 Å². The van der Waals surface area contributed by atoms with E-state index in [9.17, 15) is 19.2 Å². The number of benzene rings is 1. The molecule has 3 aromatic rings. The molecule has 0 saturated heterocycles. The van der Waals surface area contributed by atoms with Crippen molar-refractivity contribution in [2.45, 2.75) is 5.03 Å². The lowest BCUT2D eigenvalue weighted by Crippen LogP contribution is -2.31. The van der Waals surface area contributed by atoms with Crippen molar-refractivity contribution in [3.8, 4) is 0 Å². The van der Waals surface area contributed by atoms with Gasteiger partial charge in [-0.2, -0.15) is 10.2 Å². The second-order valence-electron chi connectivity index (χ2n) is 5.24. The fourth-order valence-corrected chi connectivity index (χ4v) is 2.99. The zero-order chi connectivity index (χ0) is 18.7. The molecule has 1 aromatic carbocycles. The molecule has 0 unspecified atom stereocenters. The lowest BCUT2D eigenvalue weighted by atomic mass is 10.1. The summed E-state index contributed by atoms with van der Waals surface area (Å²) in [5.41, 5.74) is -1.40. The first-order valence-electron chi connectivity index (χ1n) is 7.53. The van der Waals surface area contributed by atoms with E-state index >= 15 is 0 Å². The van der Waals surface area contributed by atoms with E-state index in [1.807, 2.05) is 0 Å². The molecule has 0 aliphatic heterocycles. The Morgan fingerprint density at radius 1 is 1.23 bits per heavy atom. The molecule has 0 spiro atoms. The Kier molecular flexibility index (Phi) is 4.98. The maximum absolute atomic E-state index is 12.4. The number of carbonyl (C=O) groups excluding carboxylic acids is 1. The molecule has 26 heavy (non-hydrogen) atoms. The molecule has 0 aliphatic carbocycles. The molecule has 3 rings (SSSR count). The summed E-state index contributed by atoms with van der Waals surface area (Å²) in [6, 6.07) is 6.75. The molecule has 134 valence electrons. The van der Waals surface area contributed by atoms with Gasteiger partial charge in [0, 0.05) is 24.7 Å². The number of thioether (sulfide) groups is 1. The minimum Gasteiger partial charge on any atom is -0.350 e. The second kappa shape index (κ2) is 7.35. The predicted octanol–water partition coefficient (Wildman–Crippen LogP) is -0.773. The van der Waals surface area contributed by atoms with Gasteiger partial charge >= 0.3 is 5.69 Å². The summed E-state index contributed by atoms with van der Waals surface area (Å²) in [6.45, 7) is 0.239. The van der Waals surface area contributed by atoms with Crippen LogP contribution in [0.4, 0.5) is 0 Å². The third kappa shape index (κ3) is 3.57. The first-order chi connectivity index (χ1) is 12.5. The van der Waals surface area contributed by atoms with Gasteiger partial charge in [-0.1, -0.05) is 30.0 Å². The van der Waals surface area contributed by atoms with Crippen LogP contribution >= 0.6 is 11.8 Å². The van der Waals surface area contributed by atoms with Gasteiger partial charge in [-0.3, -0.25) is 19.4 Å². The minimum absolute atomic E-state index is 0.101. The van der Waals surface area contributed by atoms with Gasteiger partial charge in [0.1, 0.15) is 0 Å². The van der Waals surface area contributed by atoms with E-state index in [0.29, 0.717) is 16.5 Å². The number of nitrogens with one attached hydrogen (secondary N) is 3. The van der Waals surface area contributed by atoms with Crippen molar-refractivity contribution in [3.05, 3.63) is 61.2 Å². The molecule has 2 heterocycles. The Labute approximate surface area is 149 Å². The van der Waals surface area contributed by atoms with Crippen LogP contribution < -0.4 is 22.1 Å². The van der Waals surface area contributed by atoms with E-state index in [2.05, 4.69) is 25.6 Å². The van der Waals surface area contributed by atoms with Gasteiger partial charge in [0.05, 0.1) is 5.39 Å². The number of H-pyrrole nitrogens is 2.